The number of nitrogens with zero attached hydrogens (tertiary/aromatic N) is 3. The van der Waals surface area contributed by atoms with E-state index in [4.69, 9.17) is 13.8 Å². The second-order valence-electron chi connectivity index (χ2n) is 11.4. The largest absolute Gasteiger partial charge is 0.495 e. The summed E-state index contributed by atoms with van der Waals surface area (Å²) < 4.78 is 71.7. The predicted molar refractivity (Wildman–Crippen MR) is 173 cm³/mol. The molecule has 0 aliphatic heterocycles. The maximum atomic E-state index is 14.1. The van der Waals surface area contributed by atoms with Gasteiger partial charge in [-0.05, 0) is 80.8 Å². The summed E-state index contributed by atoms with van der Waals surface area (Å²) in [6, 6.07) is 9.94. The first-order valence-electron chi connectivity index (χ1n) is 15.3. The van der Waals surface area contributed by atoms with E-state index in [0.717, 1.165) is 18.4 Å². The third kappa shape index (κ3) is 9.22. The smallest absolute Gasteiger partial charge is 0.421 e. The van der Waals surface area contributed by atoms with Gasteiger partial charge in [0.05, 0.1) is 49.5 Å². The highest BCUT2D eigenvalue weighted by Gasteiger charge is 2.36. The average Bonchev–Trinajstić information content (AvgIpc) is 3.01. The lowest BCUT2D eigenvalue weighted by molar-refractivity contribution is -0.137. The Hall–Kier alpha value is -3.71. The van der Waals surface area contributed by atoms with E-state index in [2.05, 4.69) is 20.6 Å². The van der Waals surface area contributed by atoms with Crippen LogP contribution in [0.4, 0.5) is 36.3 Å². The first-order valence-corrected chi connectivity index (χ1v) is 17.1. The van der Waals surface area contributed by atoms with Gasteiger partial charge in [-0.3, -0.25) is 9.36 Å². The number of benzene rings is 2. The first-order chi connectivity index (χ1) is 22.3. The predicted octanol–water partition coefficient (Wildman–Crippen LogP) is 7.48. The van der Waals surface area contributed by atoms with Gasteiger partial charge in [0.1, 0.15) is 17.1 Å². The van der Waals surface area contributed by atoms with Crippen molar-refractivity contribution in [1.29, 1.82) is 0 Å². The number of hydrogen-bond donors (Lipinski definition) is 3. The zero-order chi connectivity index (χ0) is 34.4. The van der Waals surface area contributed by atoms with Crippen molar-refractivity contribution < 1.29 is 41.4 Å². The van der Waals surface area contributed by atoms with E-state index in [-0.39, 0.29) is 48.6 Å². The van der Waals surface area contributed by atoms with Gasteiger partial charge in [-0.1, -0.05) is 12.1 Å². The van der Waals surface area contributed by atoms with Crippen LogP contribution in [0.3, 0.4) is 0 Å². The number of alkyl halides is 3. The SMILES string of the molecule is CCOP(=O)(Cc1ccc(Nc2ncc(C(F)(F)F)c(Nc3ccc([C@H]4CC[C@@H](O)CC4)cc3C(=O)N(C)C)n2)c(OC)c1)OCC. The molecule has 0 bridgehead atoms. The van der Waals surface area contributed by atoms with Crippen LogP contribution in [-0.2, 0) is 26.0 Å². The number of nitrogens with one attached hydrogen (secondary N) is 2. The molecule has 0 spiro atoms. The number of aliphatic hydroxyl groups is 1. The maximum Gasteiger partial charge on any atom is 0.421 e. The van der Waals surface area contributed by atoms with Gasteiger partial charge in [-0.25, -0.2) is 4.98 Å². The molecule has 1 saturated carbocycles. The number of carbonyl (C=O) groups is 1. The molecule has 256 valence electrons. The molecule has 1 aliphatic rings. The monoisotopic (exact) mass is 679 g/mol. The Kier molecular flexibility index (Phi) is 11.9. The molecule has 4 rings (SSSR count). The molecule has 15 heteroatoms. The summed E-state index contributed by atoms with van der Waals surface area (Å²) in [4.78, 5) is 22.6. The number of halogens is 3. The zero-order valence-electron chi connectivity index (χ0n) is 27.1. The molecule has 1 aliphatic carbocycles. The molecule has 0 atom stereocenters. The first kappa shape index (κ1) is 36.1. The van der Waals surface area contributed by atoms with Gasteiger partial charge in [0.15, 0.2) is 0 Å². The number of aromatic nitrogens is 2. The Morgan fingerprint density at radius 2 is 1.68 bits per heavy atom. The van der Waals surface area contributed by atoms with Crippen molar-refractivity contribution >= 4 is 36.6 Å². The highest BCUT2D eigenvalue weighted by Crippen LogP contribution is 2.52. The molecule has 1 aromatic heterocycles. The number of anilines is 4. The Labute approximate surface area is 272 Å². The number of hydrogen-bond acceptors (Lipinski definition) is 10. The minimum atomic E-state index is -4.80. The van der Waals surface area contributed by atoms with Gasteiger partial charge in [0.2, 0.25) is 5.95 Å². The second kappa shape index (κ2) is 15.5. The lowest BCUT2D eigenvalue weighted by Crippen LogP contribution is -2.24. The van der Waals surface area contributed by atoms with E-state index >= 15 is 0 Å². The van der Waals surface area contributed by atoms with Gasteiger partial charge in [-0.2, -0.15) is 18.2 Å². The van der Waals surface area contributed by atoms with E-state index in [9.17, 15) is 27.6 Å². The van der Waals surface area contributed by atoms with Crippen LogP contribution in [-0.4, -0.2) is 66.4 Å². The number of aliphatic hydroxyl groups excluding tert-OH is 1. The molecule has 3 N–H and O–H groups in total. The Bertz CT molecular complexity index is 1590. The van der Waals surface area contributed by atoms with Gasteiger partial charge in [0.25, 0.3) is 5.91 Å². The molecular formula is C32H41F3N5O6P. The van der Waals surface area contributed by atoms with Crippen LogP contribution in [0.1, 0.15) is 72.5 Å². The number of rotatable bonds is 13. The fourth-order valence-electron chi connectivity index (χ4n) is 5.43. The van der Waals surface area contributed by atoms with Gasteiger partial charge < -0.3 is 34.4 Å². The number of carbonyl (C=O) groups excluding carboxylic acids is 1. The zero-order valence-corrected chi connectivity index (χ0v) is 28.0. The molecule has 1 fully saturated rings. The van der Waals surface area contributed by atoms with E-state index in [0.29, 0.717) is 36.0 Å². The van der Waals surface area contributed by atoms with E-state index in [1.807, 2.05) is 0 Å². The molecule has 2 aromatic carbocycles. The molecule has 1 amide bonds. The fraction of sp³-hybridized carbons (Fsp3) is 0.469. The topological polar surface area (TPSA) is 135 Å². The third-order valence-electron chi connectivity index (χ3n) is 7.74. The van der Waals surface area contributed by atoms with Crippen molar-refractivity contribution in [2.75, 3.05) is 45.1 Å². The summed E-state index contributed by atoms with van der Waals surface area (Å²) in [7, 11) is 1.14. The Balaban J connectivity index is 1.67. The quantitative estimate of drug-likeness (QED) is 0.156. The standard InChI is InChI=1S/C32H41F3N5O6P/c1-6-45-47(43,46-7-2)19-20-8-14-27(28(16-20)44-5)38-31-36-18-25(32(33,34)35)29(39-31)37-26-15-11-22(17-24(26)30(42)40(3)4)21-9-12-23(41)13-10-21/h8,11,14-18,21,23,41H,6-7,9-10,12-13,19H2,1-5H3,(H2,36,37,38,39)/t21-,23+. The highest BCUT2D eigenvalue weighted by molar-refractivity contribution is 7.53. The average molecular weight is 680 g/mol. The molecule has 47 heavy (non-hydrogen) atoms. The summed E-state index contributed by atoms with van der Waals surface area (Å²) in [5.41, 5.74) is 1.03. The fourth-order valence-corrected chi connectivity index (χ4v) is 7.12. The van der Waals surface area contributed by atoms with Crippen molar-refractivity contribution in [2.45, 2.75) is 63.9 Å². The molecule has 0 saturated heterocycles. The van der Waals surface area contributed by atoms with E-state index in [1.54, 1.807) is 64.3 Å². The van der Waals surface area contributed by atoms with E-state index in [1.165, 1.54) is 12.0 Å². The van der Waals surface area contributed by atoms with Crippen molar-refractivity contribution in [3.63, 3.8) is 0 Å². The number of methoxy groups -OCH3 is 1. The van der Waals surface area contributed by atoms with Gasteiger partial charge in [0, 0.05) is 20.3 Å². The second-order valence-corrected chi connectivity index (χ2v) is 13.4. The lowest BCUT2D eigenvalue weighted by atomic mass is 9.82. The summed E-state index contributed by atoms with van der Waals surface area (Å²) >= 11 is 0. The van der Waals surface area contributed by atoms with Gasteiger partial charge in [-0.15, -0.1) is 0 Å². The van der Waals surface area contributed by atoms with Crippen LogP contribution in [0.2, 0.25) is 0 Å². The van der Waals surface area contributed by atoms with Gasteiger partial charge >= 0.3 is 13.8 Å². The Morgan fingerprint density at radius 3 is 2.28 bits per heavy atom. The minimum absolute atomic E-state index is 0.00827. The van der Waals surface area contributed by atoms with Crippen LogP contribution in [0.25, 0.3) is 0 Å². The van der Waals surface area contributed by atoms with Crippen molar-refractivity contribution in [3.8, 4) is 5.75 Å². The van der Waals surface area contributed by atoms with Crippen LogP contribution in [0.5, 0.6) is 5.75 Å². The molecule has 3 aromatic rings. The summed E-state index contributed by atoms with van der Waals surface area (Å²) in [6.07, 6.45) is -1.74. The summed E-state index contributed by atoms with van der Waals surface area (Å²) in [5.74, 6) is -0.702. The molecule has 1 heterocycles. The van der Waals surface area contributed by atoms with Crippen LogP contribution in [0, 0.1) is 0 Å². The maximum absolute atomic E-state index is 14.1. The molecule has 0 radical (unpaired) electrons. The lowest BCUT2D eigenvalue weighted by Gasteiger charge is -2.27. The van der Waals surface area contributed by atoms with Crippen LogP contribution < -0.4 is 15.4 Å². The summed E-state index contributed by atoms with van der Waals surface area (Å²) in [6.45, 7) is 3.84. The van der Waals surface area contributed by atoms with Crippen molar-refractivity contribution in [1.82, 2.24) is 14.9 Å². The number of ether oxygens (including phenoxy) is 1. The number of amides is 1. The highest BCUT2D eigenvalue weighted by atomic mass is 31.2. The Morgan fingerprint density at radius 1 is 1.02 bits per heavy atom. The normalized spacial score (nSPS) is 16.9. The van der Waals surface area contributed by atoms with E-state index < -0.39 is 31.1 Å². The molecule has 0 unspecified atom stereocenters. The van der Waals surface area contributed by atoms with Crippen LogP contribution in [0.15, 0.2) is 42.6 Å². The summed E-state index contributed by atoms with van der Waals surface area (Å²) in [5, 5.41) is 15.6. The van der Waals surface area contributed by atoms with Crippen molar-refractivity contribution in [2.24, 2.45) is 0 Å². The third-order valence-corrected chi connectivity index (χ3v) is 9.79. The van der Waals surface area contributed by atoms with Crippen LogP contribution >= 0.6 is 7.60 Å². The molecular weight excluding hydrogens is 638 g/mol. The van der Waals surface area contributed by atoms with Crippen molar-refractivity contribution in [3.05, 3.63) is 64.8 Å². The molecule has 11 nitrogen and oxygen atoms in total. The minimum Gasteiger partial charge on any atom is -0.495 e.